The van der Waals surface area contributed by atoms with E-state index < -0.39 is 0 Å². The topological polar surface area (TPSA) is 43.1 Å². The van der Waals surface area contributed by atoms with Gasteiger partial charge in [-0.15, -0.1) is 0 Å². The van der Waals surface area contributed by atoms with E-state index >= 15 is 0 Å². The van der Waals surface area contributed by atoms with Crippen LogP contribution in [0.2, 0.25) is 0 Å². The molecule has 2 heteroatoms. The third-order valence-electron chi connectivity index (χ3n) is 4.97. The first-order valence-corrected chi connectivity index (χ1v) is 5.23. The van der Waals surface area contributed by atoms with Crippen LogP contribution < -0.4 is 5.73 Å². The van der Waals surface area contributed by atoms with E-state index in [-0.39, 0.29) is 16.7 Å². The van der Waals surface area contributed by atoms with Crippen molar-refractivity contribution in [2.75, 3.05) is 0 Å². The molecule has 0 aromatic carbocycles. The van der Waals surface area contributed by atoms with Crippen molar-refractivity contribution in [1.29, 1.82) is 0 Å². The number of carbonyl (C=O) groups is 1. The summed E-state index contributed by atoms with van der Waals surface area (Å²) in [6.45, 7) is 6.60. The van der Waals surface area contributed by atoms with Crippen molar-refractivity contribution < 1.29 is 4.79 Å². The lowest BCUT2D eigenvalue weighted by Crippen LogP contribution is -2.67. The average Bonchev–Trinajstić information content (AvgIpc) is 2.02. The van der Waals surface area contributed by atoms with Crippen molar-refractivity contribution >= 4 is 5.91 Å². The molecule has 1 unspecified atom stereocenters. The Balaban J connectivity index is 2.39. The third kappa shape index (κ3) is 0.773. The van der Waals surface area contributed by atoms with Gasteiger partial charge in [0.1, 0.15) is 0 Å². The molecule has 2 N–H and O–H groups in total. The fourth-order valence-corrected chi connectivity index (χ4v) is 3.80. The predicted molar refractivity (Wildman–Crippen MR) is 51.9 cm³/mol. The Morgan fingerprint density at radius 3 is 2.31 bits per heavy atom. The van der Waals surface area contributed by atoms with Crippen LogP contribution in [0.1, 0.15) is 40.0 Å². The Morgan fingerprint density at radius 1 is 1.38 bits per heavy atom. The molecule has 0 heterocycles. The summed E-state index contributed by atoms with van der Waals surface area (Å²) in [6, 6.07) is 0. The average molecular weight is 181 g/mol. The summed E-state index contributed by atoms with van der Waals surface area (Å²) in [5.41, 5.74) is 5.53. The standard InChI is InChI=1S/C11H19NO/c1-7-4-5-8-6-11(7,9(12)13)10(8,2)3/h7-8H,4-6H2,1-3H3,(H2,12,13)/t7-,8?,11+/m0/s1. The Labute approximate surface area is 79.9 Å². The number of hydrogen-bond acceptors (Lipinski definition) is 1. The summed E-state index contributed by atoms with van der Waals surface area (Å²) >= 11 is 0. The van der Waals surface area contributed by atoms with Crippen LogP contribution in [-0.2, 0) is 4.79 Å². The van der Waals surface area contributed by atoms with Crippen LogP contribution in [-0.4, -0.2) is 5.91 Å². The Morgan fingerprint density at radius 2 is 2.00 bits per heavy atom. The van der Waals surface area contributed by atoms with Crippen LogP contribution in [0.25, 0.3) is 0 Å². The van der Waals surface area contributed by atoms with E-state index in [0.717, 1.165) is 12.3 Å². The minimum atomic E-state index is -0.185. The molecule has 0 radical (unpaired) electrons. The molecule has 74 valence electrons. The molecule has 2 nitrogen and oxygen atoms in total. The van der Waals surface area contributed by atoms with E-state index in [1.165, 1.54) is 12.8 Å². The molecular formula is C11H19NO. The predicted octanol–water partition coefficient (Wildman–Crippen LogP) is 1.93. The van der Waals surface area contributed by atoms with E-state index in [9.17, 15) is 4.79 Å². The molecule has 0 aliphatic heterocycles. The number of rotatable bonds is 1. The van der Waals surface area contributed by atoms with Crippen molar-refractivity contribution in [2.24, 2.45) is 28.4 Å². The van der Waals surface area contributed by atoms with Gasteiger partial charge >= 0.3 is 0 Å². The molecule has 3 atom stereocenters. The summed E-state index contributed by atoms with van der Waals surface area (Å²) < 4.78 is 0. The molecule has 0 spiro atoms. The lowest BCUT2D eigenvalue weighted by molar-refractivity contribution is -0.198. The van der Waals surface area contributed by atoms with Crippen molar-refractivity contribution in [3.05, 3.63) is 0 Å². The van der Waals surface area contributed by atoms with Gasteiger partial charge in [-0.3, -0.25) is 4.79 Å². The van der Waals surface area contributed by atoms with Gasteiger partial charge in [0.25, 0.3) is 0 Å². The highest BCUT2D eigenvalue weighted by atomic mass is 16.1. The van der Waals surface area contributed by atoms with Crippen molar-refractivity contribution in [3.63, 3.8) is 0 Å². The van der Waals surface area contributed by atoms with E-state index in [1.54, 1.807) is 0 Å². The fraction of sp³-hybridized carbons (Fsp3) is 0.909. The maximum Gasteiger partial charge on any atom is 0.224 e. The molecule has 3 saturated carbocycles. The molecule has 0 saturated heterocycles. The smallest absolute Gasteiger partial charge is 0.224 e. The highest BCUT2D eigenvalue weighted by Gasteiger charge is 2.67. The number of primary amides is 1. The SMILES string of the molecule is C[C@H]1CCC2C[C@@]1(C(N)=O)C2(C)C. The van der Waals surface area contributed by atoms with E-state index in [1.807, 2.05) is 0 Å². The summed E-state index contributed by atoms with van der Waals surface area (Å²) in [4.78, 5) is 11.6. The Bertz CT molecular complexity index is 259. The second kappa shape index (κ2) is 2.28. The molecule has 0 aromatic heterocycles. The maximum absolute atomic E-state index is 11.6. The van der Waals surface area contributed by atoms with Crippen LogP contribution >= 0.6 is 0 Å². The largest absolute Gasteiger partial charge is 0.369 e. The van der Waals surface area contributed by atoms with E-state index in [0.29, 0.717) is 5.92 Å². The number of fused-ring (bicyclic) bond motifs is 2. The minimum absolute atomic E-state index is 0.0686. The van der Waals surface area contributed by atoms with Gasteiger partial charge in [0.05, 0.1) is 5.41 Å². The quantitative estimate of drug-likeness (QED) is 0.660. The van der Waals surface area contributed by atoms with Crippen molar-refractivity contribution in [2.45, 2.75) is 40.0 Å². The highest BCUT2D eigenvalue weighted by Crippen LogP contribution is 2.69. The van der Waals surface area contributed by atoms with Crippen LogP contribution in [0.5, 0.6) is 0 Å². The van der Waals surface area contributed by atoms with Gasteiger partial charge in [-0.05, 0) is 36.5 Å². The lowest BCUT2D eigenvalue weighted by Gasteiger charge is -2.66. The zero-order chi connectivity index (χ0) is 9.85. The number of nitrogens with two attached hydrogens (primary N) is 1. The summed E-state index contributed by atoms with van der Waals surface area (Å²) in [7, 11) is 0. The van der Waals surface area contributed by atoms with Crippen molar-refractivity contribution in [3.8, 4) is 0 Å². The van der Waals surface area contributed by atoms with E-state index in [2.05, 4.69) is 20.8 Å². The Kier molecular flexibility index (Phi) is 1.59. The molecule has 1 amide bonds. The third-order valence-corrected chi connectivity index (χ3v) is 4.97. The second-order valence-corrected chi connectivity index (χ2v) is 5.44. The maximum atomic E-state index is 11.6. The van der Waals surface area contributed by atoms with Gasteiger partial charge in [0.15, 0.2) is 0 Å². The first-order chi connectivity index (χ1) is 5.93. The number of amides is 1. The summed E-state index contributed by atoms with van der Waals surface area (Å²) in [6.07, 6.45) is 3.50. The molecule has 3 aliphatic carbocycles. The first kappa shape index (κ1) is 9.04. The molecule has 0 aromatic rings. The second-order valence-electron chi connectivity index (χ2n) is 5.44. The number of hydrogen-bond donors (Lipinski definition) is 1. The molecule has 13 heavy (non-hydrogen) atoms. The van der Waals surface area contributed by atoms with E-state index in [4.69, 9.17) is 5.73 Å². The molecule has 3 aliphatic rings. The monoisotopic (exact) mass is 181 g/mol. The Hall–Kier alpha value is -0.530. The van der Waals surface area contributed by atoms with Crippen molar-refractivity contribution in [1.82, 2.24) is 0 Å². The van der Waals surface area contributed by atoms with Crippen LogP contribution in [0.15, 0.2) is 0 Å². The molecule has 3 fully saturated rings. The molecule has 3 rings (SSSR count). The summed E-state index contributed by atoms with van der Waals surface area (Å²) in [5.74, 6) is 1.14. The van der Waals surface area contributed by atoms with Gasteiger partial charge in [-0.25, -0.2) is 0 Å². The highest BCUT2D eigenvalue weighted by molar-refractivity contribution is 5.83. The molecule has 2 bridgehead atoms. The van der Waals surface area contributed by atoms with Gasteiger partial charge in [0, 0.05) is 0 Å². The fourth-order valence-electron chi connectivity index (χ4n) is 3.80. The van der Waals surface area contributed by atoms with Gasteiger partial charge in [-0.2, -0.15) is 0 Å². The summed E-state index contributed by atoms with van der Waals surface area (Å²) in [5, 5.41) is 0. The number of carbonyl (C=O) groups excluding carboxylic acids is 1. The van der Waals surface area contributed by atoms with Crippen LogP contribution in [0.4, 0.5) is 0 Å². The van der Waals surface area contributed by atoms with Crippen LogP contribution in [0, 0.1) is 22.7 Å². The van der Waals surface area contributed by atoms with Gasteiger partial charge in [0.2, 0.25) is 5.91 Å². The van der Waals surface area contributed by atoms with Gasteiger partial charge < -0.3 is 5.73 Å². The van der Waals surface area contributed by atoms with Crippen LogP contribution in [0.3, 0.4) is 0 Å². The molecular weight excluding hydrogens is 162 g/mol. The first-order valence-electron chi connectivity index (χ1n) is 5.23. The van der Waals surface area contributed by atoms with Gasteiger partial charge in [-0.1, -0.05) is 20.8 Å². The normalized spacial score (nSPS) is 46.7. The zero-order valence-corrected chi connectivity index (χ0v) is 8.76. The minimum Gasteiger partial charge on any atom is -0.369 e. The zero-order valence-electron chi connectivity index (χ0n) is 8.76. The lowest BCUT2D eigenvalue weighted by atomic mass is 9.36.